The number of benzene rings is 2. The third-order valence-electron chi connectivity index (χ3n) is 3.68. The predicted molar refractivity (Wildman–Crippen MR) is 89.9 cm³/mol. The first-order valence-corrected chi connectivity index (χ1v) is 7.47. The Morgan fingerprint density at radius 1 is 1.09 bits per heavy atom. The minimum Gasteiger partial charge on any atom is -0.419 e. The molecule has 0 saturated heterocycles. The summed E-state index contributed by atoms with van der Waals surface area (Å²) in [7, 11) is 0. The molecule has 114 valence electrons. The third-order valence-corrected chi connectivity index (χ3v) is 3.68. The molecule has 1 atom stereocenters. The molecule has 0 spiro atoms. The molecule has 0 bridgehead atoms. The molecule has 0 saturated carbocycles. The van der Waals surface area contributed by atoms with Crippen LogP contribution in [0, 0.1) is 18.3 Å². The highest BCUT2D eigenvalue weighted by Gasteiger charge is 2.16. The van der Waals surface area contributed by atoms with E-state index in [0.717, 1.165) is 16.7 Å². The number of oxazole rings is 1. The average Bonchev–Trinajstić information content (AvgIpc) is 2.99. The maximum absolute atomic E-state index is 9.29. The molecule has 2 aromatic carbocycles. The van der Waals surface area contributed by atoms with E-state index in [1.54, 1.807) is 0 Å². The van der Waals surface area contributed by atoms with Crippen LogP contribution < -0.4 is 5.32 Å². The Hall–Kier alpha value is -3.06. The molecule has 1 aromatic heterocycles. The van der Waals surface area contributed by atoms with E-state index in [1.807, 2.05) is 68.4 Å². The van der Waals surface area contributed by atoms with Crippen LogP contribution in [0.5, 0.6) is 0 Å². The summed E-state index contributed by atoms with van der Waals surface area (Å²) in [5.41, 5.74) is 3.40. The summed E-state index contributed by atoms with van der Waals surface area (Å²) < 4.78 is 5.78. The quantitative estimate of drug-likeness (QED) is 0.759. The zero-order valence-electron chi connectivity index (χ0n) is 13.1. The first-order chi connectivity index (χ1) is 11.2. The van der Waals surface area contributed by atoms with Crippen LogP contribution in [0.25, 0.3) is 11.5 Å². The van der Waals surface area contributed by atoms with Crippen LogP contribution in [-0.4, -0.2) is 4.98 Å². The van der Waals surface area contributed by atoms with Crippen molar-refractivity contribution in [2.24, 2.45) is 0 Å². The first kappa shape index (κ1) is 14.9. The summed E-state index contributed by atoms with van der Waals surface area (Å²) in [6, 6.07) is 20.0. The van der Waals surface area contributed by atoms with Crippen LogP contribution >= 0.6 is 0 Å². The van der Waals surface area contributed by atoms with Gasteiger partial charge in [-0.05, 0) is 31.5 Å². The lowest BCUT2D eigenvalue weighted by Gasteiger charge is -2.13. The van der Waals surface area contributed by atoms with Crippen molar-refractivity contribution in [1.82, 2.24) is 4.98 Å². The van der Waals surface area contributed by atoms with Crippen LogP contribution in [0.4, 0.5) is 5.88 Å². The van der Waals surface area contributed by atoms with Gasteiger partial charge >= 0.3 is 0 Å². The summed E-state index contributed by atoms with van der Waals surface area (Å²) in [5, 5.41) is 12.5. The topological polar surface area (TPSA) is 61.9 Å². The molecular weight excluding hydrogens is 286 g/mol. The maximum Gasteiger partial charge on any atom is 0.233 e. The summed E-state index contributed by atoms with van der Waals surface area (Å²) in [5.74, 6) is 0.851. The van der Waals surface area contributed by atoms with E-state index in [0.29, 0.717) is 11.8 Å². The number of nitrogens with one attached hydrogen (secondary N) is 1. The predicted octanol–water partition coefficient (Wildman–Crippen LogP) is 4.69. The Labute approximate surface area is 135 Å². The zero-order chi connectivity index (χ0) is 16.2. The van der Waals surface area contributed by atoms with Gasteiger partial charge in [-0.15, -0.1) is 0 Å². The molecule has 0 fully saturated rings. The van der Waals surface area contributed by atoms with Crippen molar-refractivity contribution in [2.75, 3.05) is 5.32 Å². The summed E-state index contributed by atoms with van der Waals surface area (Å²) in [4.78, 5) is 4.29. The largest absolute Gasteiger partial charge is 0.419 e. The fourth-order valence-electron chi connectivity index (χ4n) is 2.34. The lowest BCUT2D eigenvalue weighted by molar-refractivity contribution is 0.578. The molecular formula is C19H17N3O. The van der Waals surface area contributed by atoms with Crippen molar-refractivity contribution >= 4 is 5.88 Å². The number of aromatic nitrogens is 1. The van der Waals surface area contributed by atoms with Gasteiger partial charge in [0, 0.05) is 5.56 Å². The summed E-state index contributed by atoms with van der Waals surface area (Å²) in [6.07, 6.45) is 0. The smallest absolute Gasteiger partial charge is 0.233 e. The van der Waals surface area contributed by atoms with Crippen molar-refractivity contribution in [3.8, 4) is 17.5 Å². The van der Waals surface area contributed by atoms with Gasteiger partial charge in [0.2, 0.25) is 17.5 Å². The number of nitrogens with zero attached hydrogens (tertiary/aromatic N) is 2. The molecule has 1 heterocycles. The highest BCUT2D eigenvalue weighted by molar-refractivity contribution is 5.59. The molecule has 0 aliphatic heterocycles. The Balaban J connectivity index is 1.88. The van der Waals surface area contributed by atoms with Crippen LogP contribution in [0.3, 0.4) is 0 Å². The summed E-state index contributed by atoms with van der Waals surface area (Å²) in [6.45, 7) is 4.04. The van der Waals surface area contributed by atoms with E-state index in [2.05, 4.69) is 16.4 Å². The van der Waals surface area contributed by atoms with Crippen molar-refractivity contribution in [1.29, 1.82) is 5.26 Å². The van der Waals surface area contributed by atoms with Gasteiger partial charge in [-0.2, -0.15) is 10.2 Å². The van der Waals surface area contributed by atoms with Gasteiger partial charge < -0.3 is 9.73 Å². The SMILES string of the molecule is Cc1ccc(-c2nc(C#N)c(N[C@H](C)c3ccccc3)o2)cc1. The van der Waals surface area contributed by atoms with Crippen molar-refractivity contribution in [3.05, 3.63) is 71.4 Å². The van der Waals surface area contributed by atoms with Crippen LogP contribution in [0.15, 0.2) is 59.0 Å². The van der Waals surface area contributed by atoms with Crippen molar-refractivity contribution in [3.63, 3.8) is 0 Å². The average molecular weight is 303 g/mol. The Morgan fingerprint density at radius 3 is 2.43 bits per heavy atom. The second-order valence-electron chi connectivity index (χ2n) is 5.45. The van der Waals surface area contributed by atoms with E-state index < -0.39 is 0 Å². The highest BCUT2D eigenvalue weighted by Crippen LogP contribution is 2.28. The number of aryl methyl sites for hydroxylation is 1. The molecule has 3 rings (SSSR count). The van der Waals surface area contributed by atoms with Crippen LogP contribution in [0.1, 0.15) is 29.8 Å². The number of hydrogen-bond acceptors (Lipinski definition) is 4. The Bertz CT molecular complexity index is 829. The van der Waals surface area contributed by atoms with Gasteiger partial charge in [0.1, 0.15) is 6.07 Å². The van der Waals surface area contributed by atoms with Gasteiger partial charge in [0.05, 0.1) is 6.04 Å². The van der Waals surface area contributed by atoms with Crippen molar-refractivity contribution < 1.29 is 4.42 Å². The molecule has 0 unspecified atom stereocenters. The minimum atomic E-state index is 0.0158. The molecule has 0 amide bonds. The summed E-state index contributed by atoms with van der Waals surface area (Å²) >= 11 is 0. The minimum absolute atomic E-state index is 0.0158. The molecule has 3 aromatic rings. The molecule has 1 N–H and O–H groups in total. The van der Waals surface area contributed by atoms with Gasteiger partial charge in [-0.1, -0.05) is 48.0 Å². The highest BCUT2D eigenvalue weighted by atomic mass is 16.4. The van der Waals surface area contributed by atoms with Gasteiger partial charge in [-0.25, -0.2) is 0 Å². The van der Waals surface area contributed by atoms with Crippen LogP contribution in [0.2, 0.25) is 0 Å². The molecule has 0 aliphatic carbocycles. The normalized spacial score (nSPS) is 11.7. The fourth-order valence-corrected chi connectivity index (χ4v) is 2.34. The van der Waals surface area contributed by atoms with Crippen LogP contribution in [-0.2, 0) is 0 Å². The molecule has 0 radical (unpaired) electrons. The Kier molecular flexibility index (Phi) is 4.11. The van der Waals surface area contributed by atoms with Gasteiger partial charge in [0.25, 0.3) is 0 Å². The van der Waals surface area contributed by atoms with E-state index in [1.165, 1.54) is 0 Å². The van der Waals surface area contributed by atoms with Gasteiger partial charge in [0.15, 0.2) is 0 Å². The van der Waals surface area contributed by atoms with Gasteiger partial charge in [-0.3, -0.25) is 0 Å². The maximum atomic E-state index is 9.29. The standard InChI is InChI=1S/C19H17N3O/c1-13-8-10-16(11-9-13)18-22-17(12-20)19(23-18)21-14(2)15-6-4-3-5-7-15/h3-11,14,21H,1-2H3/t14-/m1/s1. The van der Waals surface area contributed by atoms with E-state index >= 15 is 0 Å². The monoisotopic (exact) mass is 303 g/mol. The lowest BCUT2D eigenvalue weighted by atomic mass is 10.1. The lowest BCUT2D eigenvalue weighted by Crippen LogP contribution is -2.06. The fraction of sp³-hybridized carbons (Fsp3) is 0.158. The van der Waals surface area contributed by atoms with E-state index in [9.17, 15) is 5.26 Å². The molecule has 23 heavy (non-hydrogen) atoms. The second kappa shape index (κ2) is 6.37. The second-order valence-corrected chi connectivity index (χ2v) is 5.45. The molecule has 4 heteroatoms. The number of anilines is 1. The van der Waals surface area contributed by atoms with E-state index in [-0.39, 0.29) is 11.7 Å². The number of hydrogen-bond donors (Lipinski definition) is 1. The third kappa shape index (κ3) is 3.24. The Morgan fingerprint density at radius 2 is 1.78 bits per heavy atom. The first-order valence-electron chi connectivity index (χ1n) is 7.47. The van der Waals surface area contributed by atoms with E-state index in [4.69, 9.17) is 4.42 Å². The zero-order valence-corrected chi connectivity index (χ0v) is 13.1. The number of rotatable bonds is 4. The molecule has 0 aliphatic rings. The number of nitriles is 1. The molecule has 4 nitrogen and oxygen atoms in total. The van der Waals surface area contributed by atoms with Crippen molar-refractivity contribution in [2.45, 2.75) is 19.9 Å².